The van der Waals surface area contributed by atoms with Gasteiger partial charge in [0.1, 0.15) is 0 Å². The van der Waals surface area contributed by atoms with E-state index < -0.39 is 11.6 Å². The smallest absolute Gasteiger partial charge is 0.220 e. The van der Waals surface area contributed by atoms with Crippen LogP contribution in [0.15, 0.2) is 18.2 Å². The molecule has 0 radical (unpaired) electrons. The normalized spacial score (nSPS) is 19.3. The van der Waals surface area contributed by atoms with Crippen LogP contribution in [-0.4, -0.2) is 23.9 Å². The summed E-state index contributed by atoms with van der Waals surface area (Å²) in [5, 5.41) is 0. The molecule has 1 aromatic rings. The summed E-state index contributed by atoms with van der Waals surface area (Å²) in [4.78, 5) is 13.3. The van der Waals surface area contributed by atoms with Gasteiger partial charge in [-0.2, -0.15) is 0 Å². The summed E-state index contributed by atoms with van der Waals surface area (Å²) in [7, 11) is 0. The molecule has 5 heteroatoms. The van der Waals surface area contributed by atoms with Crippen molar-refractivity contribution >= 4 is 5.91 Å². The maximum atomic E-state index is 13.2. The number of halogens is 2. The van der Waals surface area contributed by atoms with Crippen LogP contribution in [0.2, 0.25) is 0 Å². The molecule has 3 nitrogen and oxygen atoms in total. The Hall–Kier alpha value is -1.49. The van der Waals surface area contributed by atoms with Crippen LogP contribution >= 0.6 is 0 Å². The topological polar surface area (TPSA) is 46.3 Å². The molecule has 1 amide bonds. The molecule has 1 aliphatic heterocycles. The molecule has 0 unspecified atom stereocenters. The molecular formula is C14H18F2N2O. The van der Waals surface area contributed by atoms with Gasteiger partial charge in [-0.1, -0.05) is 6.07 Å². The van der Waals surface area contributed by atoms with E-state index in [9.17, 15) is 13.6 Å². The lowest BCUT2D eigenvalue weighted by Gasteiger charge is -2.35. The zero-order valence-electron chi connectivity index (χ0n) is 10.9. The first-order valence-electron chi connectivity index (χ1n) is 6.47. The van der Waals surface area contributed by atoms with Crippen molar-refractivity contribution in [2.75, 3.05) is 13.1 Å². The lowest BCUT2D eigenvalue weighted by atomic mass is 9.94. The summed E-state index contributed by atoms with van der Waals surface area (Å²) in [6.45, 7) is 3.44. The van der Waals surface area contributed by atoms with Crippen molar-refractivity contribution in [1.82, 2.24) is 4.90 Å². The molecule has 104 valence electrons. The Bertz CT molecular complexity index is 471. The Labute approximate surface area is 111 Å². The summed E-state index contributed by atoms with van der Waals surface area (Å²) >= 11 is 0. The van der Waals surface area contributed by atoms with Crippen molar-refractivity contribution in [2.45, 2.75) is 25.8 Å². The maximum absolute atomic E-state index is 13.2. The highest BCUT2D eigenvalue weighted by Gasteiger charge is 2.26. The van der Waals surface area contributed by atoms with Gasteiger partial charge in [0, 0.05) is 12.0 Å². The van der Waals surface area contributed by atoms with E-state index in [4.69, 9.17) is 5.73 Å². The number of nitrogens with two attached hydrogens (primary N) is 1. The number of piperidine rings is 1. The summed E-state index contributed by atoms with van der Waals surface area (Å²) < 4.78 is 26.1. The lowest BCUT2D eigenvalue weighted by molar-refractivity contribution is -0.123. The molecule has 0 bridgehead atoms. The first-order chi connectivity index (χ1) is 8.99. The number of rotatable bonds is 3. The fraction of sp³-hybridized carbons (Fsp3) is 0.500. The van der Waals surface area contributed by atoms with E-state index in [0.717, 1.165) is 37.6 Å². The highest BCUT2D eigenvalue weighted by molar-refractivity contribution is 5.76. The minimum Gasteiger partial charge on any atom is -0.369 e. The van der Waals surface area contributed by atoms with E-state index in [-0.39, 0.29) is 17.9 Å². The van der Waals surface area contributed by atoms with Gasteiger partial charge in [-0.25, -0.2) is 8.78 Å². The lowest BCUT2D eigenvalue weighted by Crippen LogP contribution is -2.39. The van der Waals surface area contributed by atoms with Crippen LogP contribution in [0.1, 0.15) is 31.4 Å². The average Bonchev–Trinajstić information content (AvgIpc) is 2.41. The van der Waals surface area contributed by atoms with Crippen molar-refractivity contribution in [3.63, 3.8) is 0 Å². The van der Waals surface area contributed by atoms with E-state index in [1.165, 1.54) is 6.07 Å². The van der Waals surface area contributed by atoms with Crippen LogP contribution in [-0.2, 0) is 4.79 Å². The molecule has 1 saturated heterocycles. The standard InChI is InChI=1S/C14H18F2N2O/c1-9(11-2-3-12(15)13(16)8-11)18-6-4-10(5-7-18)14(17)19/h2-3,8-10H,4-7H2,1H3,(H2,17,19)/t9-/m1/s1. The Morgan fingerprint density at radius 2 is 1.95 bits per heavy atom. The minimum atomic E-state index is -0.830. The molecule has 1 aromatic carbocycles. The SMILES string of the molecule is C[C@H](c1ccc(F)c(F)c1)N1CCC(C(N)=O)CC1. The number of nitrogens with zero attached hydrogens (tertiary/aromatic N) is 1. The van der Waals surface area contributed by atoms with Crippen molar-refractivity contribution < 1.29 is 13.6 Å². The van der Waals surface area contributed by atoms with Crippen LogP contribution in [0.5, 0.6) is 0 Å². The number of amides is 1. The van der Waals surface area contributed by atoms with E-state index >= 15 is 0 Å². The highest BCUT2D eigenvalue weighted by atomic mass is 19.2. The Balaban J connectivity index is 2.02. The van der Waals surface area contributed by atoms with Crippen LogP contribution in [0.4, 0.5) is 8.78 Å². The van der Waals surface area contributed by atoms with Crippen molar-refractivity contribution in [2.24, 2.45) is 11.7 Å². The molecule has 2 N–H and O–H groups in total. The second-order valence-corrected chi connectivity index (χ2v) is 5.06. The van der Waals surface area contributed by atoms with Gasteiger partial charge in [-0.3, -0.25) is 9.69 Å². The molecule has 1 atom stereocenters. The molecule has 1 heterocycles. The van der Waals surface area contributed by atoms with E-state index in [0.29, 0.717) is 0 Å². The fourth-order valence-corrected chi connectivity index (χ4v) is 2.55. The van der Waals surface area contributed by atoms with Crippen LogP contribution in [0.3, 0.4) is 0 Å². The third-order valence-electron chi connectivity index (χ3n) is 3.91. The van der Waals surface area contributed by atoms with E-state index in [1.807, 2.05) is 6.92 Å². The molecular weight excluding hydrogens is 250 g/mol. The maximum Gasteiger partial charge on any atom is 0.220 e. The Morgan fingerprint density at radius 3 is 2.47 bits per heavy atom. The number of carbonyl (C=O) groups excluding carboxylic acids is 1. The predicted molar refractivity (Wildman–Crippen MR) is 68.3 cm³/mol. The molecule has 0 aromatic heterocycles. The first kappa shape index (κ1) is 13.9. The summed E-state index contributed by atoms with van der Waals surface area (Å²) in [5.74, 6) is -1.96. The quantitative estimate of drug-likeness (QED) is 0.913. The summed E-state index contributed by atoms with van der Waals surface area (Å²) in [5.41, 5.74) is 6.03. The minimum absolute atomic E-state index is 0.00364. The zero-order chi connectivity index (χ0) is 14.0. The number of benzene rings is 1. The number of carbonyl (C=O) groups is 1. The molecule has 1 aliphatic rings. The summed E-state index contributed by atoms with van der Waals surface area (Å²) in [6, 6.07) is 3.99. The van der Waals surface area contributed by atoms with Gasteiger partial charge in [0.2, 0.25) is 5.91 Å². The van der Waals surface area contributed by atoms with Crippen LogP contribution in [0, 0.1) is 17.6 Å². The molecule has 0 spiro atoms. The van der Waals surface area contributed by atoms with Crippen LogP contribution < -0.4 is 5.73 Å². The van der Waals surface area contributed by atoms with E-state index in [2.05, 4.69) is 4.90 Å². The Morgan fingerprint density at radius 1 is 1.32 bits per heavy atom. The van der Waals surface area contributed by atoms with Gasteiger partial charge < -0.3 is 5.73 Å². The van der Waals surface area contributed by atoms with Gasteiger partial charge in [-0.15, -0.1) is 0 Å². The third kappa shape index (κ3) is 3.10. The second-order valence-electron chi connectivity index (χ2n) is 5.06. The first-order valence-corrected chi connectivity index (χ1v) is 6.47. The Kier molecular flexibility index (Phi) is 4.14. The second kappa shape index (κ2) is 5.65. The average molecular weight is 268 g/mol. The molecule has 19 heavy (non-hydrogen) atoms. The fourth-order valence-electron chi connectivity index (χ4n) is 2.55. The summed E-state index contributed by atoms with van der Waals surface area (Å²) in [6.07, 6.45) is 1.45. The van der Waals surface area contributed by atoms with Crippen molar-refractivity contribution in [3.8, 4) is 0 Å². The predicted octanol–water partition coefficient (Wildman–Crippen LogP) is 2.22. The van der Waals surface area contributed by atoms with E-state index in [1.54, 1.807) is 6.07 Å². The molecule has 0 saturated carbocycles. The van der Waals surface area contributed by atoms with Crippen molar-refractivity contribution in [3.05, 3.63) is 35.4 Å². The number of hydrogen-bond acceptors (Lipinski definition) is 2. The number of hydrogen-bond donors (Lipinski definition) is 1. The van der Waals surface area contributed by atoms with Gasteiger partial charge >= 0.3 is 0 Å². The molecule has 2 rings (SSSR count). The monoisotopic (exact) mass is 268 g/mol. The largest absolute Gasteiger partial charge is 0.369 e. The van der Waals surface area contributed by atoms with Gasteiger partial charge in [0.25, 0.3) is 0 Å². The van der Waals surface area contributed by atoms with Crippen molar-refractivity contribution in [1.29, 1.82) is 0 Å². The molecule has 1 fully saturated rings. The van der Waals surface area contributed by atoms with Gasteiger partial charge in [0.05, 0.1) is 0 Å². The highest BCUT2D eigenvalue weighted by Crippen LogP contribution is 2.27. The number of primary amides is 1. The van der Waals surface area contributed by atoms with Gasteiger partial charge in [0.15, 0.2) is 11.6 Å². The van der Waals surface area contributed by atoms with Gasteiger partial charge in [-0.05, 0) is 50.6 Å². The zero-order valence-corrected chi connectivity index (χ0v) is 10.9. The molecule has 0 aliphatic carbocycles. The van der Waals surface area contributed by atoms with Crippen LogP contribution in [0.25, 0.3) is 0 Å². The number of likely N-dealkylation sites (tertiary alicyclic amines) is 1. The third-order valence-corrected chi connectivity index (χ3v) is 3.91.